The van der Waals surface area contributed by atoms with E-state index >= 15 is 0 Å². The van der Waals surface area contributed by atoms with Gasteiger partial charge in [0.15, 0.2) is 5.82 Å². The number of hydrogen-bond acceptors (Lipinski definition) is 5. The molecular formula is C17H17F2N5O. The first-order chi connectivity index (χ1) is 11.9. The molecule has 130 valence electrons. The molecule has 2 N–H and O–H groups in total. The zero-order chi connectivity index (χ0) is 18.0. The molecule has 0 aliphatic heterocycles. The summed E-state index contributed by atoms with van der Waals surface area (Å²) in [6, 6.07) is 4.98. The molecule has 0 aliphatic carbocycles. The van der Waals surface area contributed by atoms with Crippen LogP contribution in [-0.2, 0) is 0 Å². The molecule has 2 heterocycles. The van der Waals surface area contributed by atoms with Crippen LogP contribution in [0.25, 0.3) is 5.82 Å². The lowest BCUT2D eigenvalue weighted by atomic mass is 10.1. The van der Waals surface area contributed by atoms with Crippen LogP contribution in [0.1, 0.15) is 23.1 Å². The molecule has 0 aliphatic rings. The number of hydrogen-bond donors (Lipinski definition) is 2. The van der Waals surface area contributed by atoms with Crippen LogP contribution in [0.5, 0.6) is 0 Å². The van der Waals surface area contributed by atoms with Gasteiger partial charge in [-0.25, -0.2) is 18.4 Å². The number of nitrogens with zero attached hydrogens (tertiary/aromatic N) is 4. The molecule has 8 heteroatoms. The normalized spacial score (nSPS) is 12.2. The average Bonchev–Trinajstić information content (AvgIpc) is 2.91. The minimum absolute atomic E-state index is 0.00218. The minimum atomic E-state index is -1.15. The first-order valence-corrected chi connectivity index (χ1v) is 7.66. The third kappa shape index (κ3) is 3.80. The van der Waals surface area contributed by atoms with Crippen molar-refractivity contribution in [2.24, 2.45) is 0 Å². The van der Waals surface area contributed by atoms with E-state index in [2.05, 4.69) is 20.4 Å². The zero-order valence-corrected chi connectivity index (χ0v) is 13.7. The number of aliphatic hydroxyl groups is 1. The number of benzene rings is 1. The number of rotatable bonds is 5. The Labute approximate surface area is 143 Å². The third-order valence-electron chi connectivity index (χ3n) is 3.65. The van der Waals surface area contributed by atoms with Gasteiger partial charge in [-0.1, -0.05) is 6.07 Å². The Morgan fingerprint density at radius 1 is 1.20 bits per heavy atom. The van der Waals surface area contributed by atoms with E-state index in [0.29, 0.717) is 11.6 Å². The molecule has 0 saturated carbocycles. The number of nitrogens with one attached hydrogen (secondary N) is 1. The van der Waals surface area contributed by atoms with Gasteiger partial charge in [0.2, 0.25) is 0 Å². The van der Waals surface area contributed by atoms with Gasteiger partial charge in [0, 0.05) is 23.9 Å². The van der Waals surface area contributed by atoms with Crippen molar-refractivity contribution in [3.63, 3.8) is 0 Å². The maximum atomic E-state index is 13.7. The smallest absolute Gasteiger partial charge is 0.174 e. The molecule has 0 amide bonds. The van der Waals surface area contributed by atoms with Crippen molar-refractivity contribution in [3.8, 4) is 5.82 Å². The van der Waals surface area contributed by atoms with Gasteiger partial charge in [-0.3, -0.25) is 4.98 Å². The molecule has 2 aromatic heterocycles. The largest absolute Gasteiger partial charge is 0.386 e. The molecular weight excluding hydrogens is 328 g/mol. The van der Waals surface area contributed by atoms with E-state index in [1.54, 1.807) is 10.9 Å². The SMILES string of the molecule is Cc1cc(C)n(-c2cncc(NC[C@H](O)c3ccc(F)cc3F)n2)n1. The second-order valence-electron chi connectivity index (χ2n) is 5.66. The number of anilines is 1. The van der Waals surface area contributed by atoms with E-state index in [9.17, 15) is 13.9 Å². The fourth-order valence-electron chi connectivity index (χ4n) is 2.49. The van der Waals surface area contributed by atoms with E-state index in [4.69, 9.17) is 0 Å². The van der Waals surface area contributed by atoms with E-state index in [-0.39, 0.29) is 12.1 Å². The molecule has 0 unspecified atom stereocenters. The lowest BCUT2D eigenvalue weighted by molar-refractivity contribution is 0.186. The van der Waals surface area contributed by atoms with E-state index < -0.39 is 17.7 Å². The zero-order valence-electron chi connectivity index (χ0n) is 13.7. The molecule has 0 spiro atoms. The van der Waals surface area contributed by atoms with Crippen LogP contribution in [0.15, 0.2) is 36.7 Å². The van der Waals surface area contributed by atoms with Gasteiger partial charge < -0.3 is 10.4 Å². The summed E-state index contributed by atoms with van der Waals surface area (Å²) in [6.45, 7) is 3.78. The van der Waals surface area contributed by atoms with Crippen molar-refractivity contribution < 1.29 is 13.9 Å². The van der Waals surface area contributed by atoms with Gasteiger partial charge in [0.1, 0.15) is 17.5 Å². The predicted molar refractivity (Wildman–Crippen MR) is 88.4 cm³/mol. The molecule has 3 aromatic rings. The van der Waals surface area contributed by atoms with E-state index in [1.165, 1.54) is 12.3 Å². The Bertz CT molecular complexity index is 896. The summed E-state index contributed by atoms with van der Waals surface area (Å²) in [5.41, 5.74) is 1.79. The molecule has 3 rings (SSSR count). The molecule has 0 saturated heterocycles. The first kappa shape index (κ1) is 17.0. The summed E-state index contributed by atoms with van der Waals surface area (Å²) in [4.78, 5) is 8.48. The molecule has 0 radical (unpaired) electrons. The maximum absolute atomic E-state index is 13.7. The van der Waals surface area contributed by atoms with Crippen molar-refractivity contribution in [2.45, 2.75) is 20.0 Å². The molecule has 0 bridgehead atoms. The first-order valence-electron chi connectivity index (χ1n) is 7.66. The van der Waals surface area contributed by atoms with Crippen molar-refractivity contribution in [3.05, 3.63) is 65.2 Å². The molecule has 25 heavy (non-hydrogen) atoms. The monoisotopic (exact) mass is 345 g/mol. The van der Waals surface area contributed by atoms with E-state index in [0.717, 1.165) is 23.5 Å². The van der Waals surface area contributed by atoms with Crippen LogP contribution in [0.3, 0.4) is 0 Å². The number of halogens is 2. The van der Waals surface area contributed by atoms with Gasteiger partial charge in [-0.2, -0.15) is 5.10 Å². The van der Waals surface area contributed by atoms with Crippen molar-refractivity contribution in [2.75, 3.05) is 11.9 Å². The highest BCUT2D eigenvalue weighted by Crippen LogP contribution is 2.19. The molecule has 0 fully saturated rings. The number of aryl methyl sites for hydroxylation is 2. The highest BCUT2D eigenvalue weighted by Gasteiger charge is 2.14. The maximum Gasteiger partial charge on any atom is 0.174 e. The fraction of sp³-hybridized carbons (Fsp3) is 0.235. The summed E-state index contributed by atoms with van der Waals surface area (Å²) >= 11 is 0. The summed E-state index contributed by atoms with van der Waals surface area (Å²) in [5.74, 6) is -0.550. The summed E-state index contributed by atoms with van der Waals surface area (Å²) in [7, 11) is 0. The number of aromatic nitrogens is 4. The van der Waals surface area contributed by atoms with Crippen LogP contribution >= 0.6 is 0 Å². The Morgan fingerprint density at radius 3 is 2.68 bits per heavy atom. The standard InChI is InChI=1S/C17H17F2N5O/c1-10-5-11(2)24(23-10)17-9-20-8-16(22-17)21-7-15(25)13-4-3-12(18)6-14(13)19/h3-6,8-9,15,25H,7H2,1-2H3,(H,21,22)/t15-/m0/s1. The summed E-state index contributed by atoms with van der Waals surface area (Å²) in [6.07, 6.45) is 1.91. The van der Waals surface area contributed by atoms with E-state index in [1.807, 2.05) is 19.9 Å². The van der Waals surface area contributed by atoms with Gasteiger partial charge in [-0.15, -0.1) is 0 Å². The fourth-order valence-corrected chi connectivity index (χ4v) is 2.49. The van der Waals surface area contributed by atoms with Gasteiger partial charge in [-0.05, 0) is 26.0 Å². The topological polar surface area (TPSA) is 75.9 Å². The van der Waals surface area contributed by atoms with Crippen LogP contribution in [0, 0.1) is 25.5 Å². The van der Waals surface area contributed by atoms with Crippen LogP contribution in [-0.4, -0.2) is 31.4 Å². The second-order valence-corrected chi connectivity index (χ2v) is 5.66. The quantitative estimate of drug-likeness (QED) is 0.744. The highest BCUT2D eigenvalue weighted by molar-refractivity contribution is 5.37. The van der Waals surface area contributed by atoms with Gasteiger partial charge in [0.05, 0.1) is 24.2 Å². The molecule has 1 aromatic carbocycles. The lowest BCUT2D eigenvalue weighted by Gasteiger charge is -2.14. The Morgan fingerprint density at radius 2 is 2.00 bits per heavy atom. The van der Waals surface area contributed by atoms with Gasteiger partial charge in [0.25, 0.3) is 0 Å². The van der Waals surface area contributed by atoms with Gasteiger partial charge >= 0.3 is 0 Å². The Balaban J connectivity index is 1.73. The number of aliphatic hydroxyl groups excluding tert-OH is 1. The van der Waals surface area contributed by atoms with Crippen molar-refractivity contribution in [1.29, 1.82) is 0 Å². The third-order valence-corrected chi connectivity index (χ3v) is 3.65. The Kier molecular flexibility index (Phi) is 4.71. The molecule has 6 nitrogen and oxygen atoms in total. The molecule has 1 atom stereocenters. The van der Waals surface area contributed by atoms with Crippen LogP contribution < -0.4 is 5.32 Å². The summed E-state index contributed by atoms with van der Waals surface area (Å²) in [5, 5.41) is 17.3. The Hall–Kier alpha value is -2.87. The second kappa shape index (κ2) is 6.94. The van der Waals surface area contributed by atoms with Crippen LogP contribution in [0.4, 0.5) is 14.6 Å². The predicted octanol–water partition coefficient (Wildman–Crippen LogP) is 2.70. The van der Waals surface area contributed by atoms with Crippen molar-refractivity contribution in [1.82, 2.24) is 19.7 Å². The minimum Gasteiger partial charge on any atom is -0.386 e. The summed E-state index contributed by atoms with van der Waals surface area (Å²) < 4.78 is 28.3. The van der Waals surface area contributed by atoms with Crippen molar-refractivity contribution >= 4 is 5.82 Å². The van der Waals surface area contributed by atoms with Crippen LogP contribution in [0.2, 0.25) is 0 Å². The lowest BCUT2D eigenvalue weighted by Crippen LogP contribution is -2.15. The highest BCUT2D eigenvalue weighted by atomic mass is 19.1. The average molecular weight is 345 g/mol.